The molecule has 2 aromatic heterocycles. The van der Waals surface area contributed by atoms with E-state index in [1.54, 1.807) is 6.20 Å². The molecule has 0 spiro atoms. The van der Waals surface area contributed by atoms with Gasteiger partial charge in [-0.05, 0) is 0 Å². The van der Waals surface area contributed by atoms with Gasteiger partial charge in [0.05, 0.1) is 12.7 Å². The van der Waals surface area contributed by atoms with E-state index in [0.29, 0.717) is 5.92 Å². The van der Waals surface area contributed by atoms with Crippen molar-refractivity contribution in [2.75, 3.05) is 6.54 Å². The molecule has 2 aromatic rings. The molecule has 5 nitrogen and oxygen atoms in total. The SMILES string of the molecule is CC(C)c1ncc2c(n1)CCN(Cc1cnco1)C2. The predicted octanol–water partition coefficient (Wildman–Crippen LogP) is 2.15. The first-order valence-electron chi connectivity index (χ1n) is 6.67. The number of nitrogens with zero attached hydrogens (tertiary/aromatic N) is 4. The maximum Gasteiger partial charge on any atom is 0.180 e. The lowest BCUT2D eigenvalue weighted by Crippen LogP contribution is -2.31. The zero-order valence-corrected chi connectivity index (χ0v) is 11.3. The summed E-state index contributed by atoms with van der Waals surface area (Å²) in [7, 11) is 0. The Balaban J connectivity index is 1.73. The molecule has 3 rings (SSSR count). The van der Waals surface area contributed by atoms with Crippen molar-refractivity contribution in [1.29, 1.82) is 0 Å². The van der Waals surface area contributed by atoms with E-state index in [0.717, 1.165) is 37.6 Å². The van der Waals surface area contributed by atoms with E-state index in [1.165, 1.54) is 17.7 Å². The minimum Gasteiger partial charge on any atom is -0.447 e. The molecule has 0 atom stereocenters. The minimum absolute atomic E-state index is 0.387. The summed E-state index contributed by atoms with van der Waals surface area (Å²) in [5, 5.41) is 0. The maximum atomic E-state index is 5.29. The number of aromatic nitrogens is 3. The molecule has 0 bridgehead atoms. The number of oxazole rings is 1. The second-order valence-electron chi connectivity index (χ2n) is 5.28. The zero-order valence-electron chi connectivity index (χ0n) is 11.3. The van der Waals surface area contributed by atoms with Gasteiger partial charge >= 0.3 is 0 Å². The van der Waals surface area contributed by atoms with Crippen molar-refractivity contribution in [3.8, 4) is 0 Å². The smallest absolute Gasteiger partial charge is 0.180 e. The summed E-state index contributed by atoms with van der Waals surface area (Å²) in [6.45, 7) is 6.93. The molecule has 0 aromatic carbocycles. The Labute approximate surface area is 112 Å². The van der Waals surface area contributed by atoms with Gasteiger partial charge in [-0.1, -0.05) is 13.8 Å². The largest absolute Gasteiger partial charge is 0.447 e. The van der Waals surface area contributed by atoms with Gasteiger partial charge in [0.2, 0.25) is 0 Å². The van der Waals surface area contributed by atoms with Crippen LogP contribution in [0.2, 0.25) is 0 Å². The van der Waals surface area contributed by atoms with Gasteiger partial charge in [-0.25, -0.2) is 15.0 Å². The van der Waals surface area contributed by atoms with Crippen molar-refractivity contribution >= 4 is 0 Å². The zero-order chi connectivity index (χ0) is 13.2. The fourth-order valence-electron chi connectivity index (χ4n) is 2.34. The Morgan fingerprint density at radius 1 is 1.37 bits per heavy atom. The summed E-state index contributed by atoms with van der Waals surface area (Å²) < 4.78 is 5.29. The summed E-state index contributed by atoms with van der Waals surface area (Å²) in [4.78, 5) is 15.4. The second-order valence-corrected chi connectivity index (χ2v) is 5.28. The Bertz CT molecular complexity index is 551. The Morgan fingerprint density at radius 2 is 2.26 bits per heavy atom. The van der Waals surface area contributed by atoms with Gasteiger partial charge in [-0.2, -0.15) is 0 Å². The number of rotatable bonds is 3. The van der Waals surface area contributed by atoms with Crippen LogP contribution in [0.5, 0.6) is 0 Å². The van der Waals surface area contributed by atoms with E-state index in [4.69, 9.17) is 4.42 Å². The number of fused-ring (bicyclic) bond motifs is 1. The summed E-state index contributed by atoms with van der Waals surface area (Å²) in [6.07, 6.45) is 6.20. The van der Waals surface area contributed by atoms with Crippen LogP contribution in [0.15, 0.2) is 23.2 Å². The van der Waals surface area contributed by atoms with Crippen LogP contribution in [-0.4, -0.2) is 26.4 Å². The maximum absolute atomic E-state index is 5.29. The molecule has 1 aliphatic rings. The average Bonchev–Trinajstić information content (AvgIpc) is 2.91. The van der Waals surface area contributed by atoms with E-state index < -0.39 is 0 Å². The number of hydrogen-bond acceptors (Lipinski definition) is 5. The van der Waals surface area contributed by atoms with E-state index in [1.807, 2.05) is 6.20 Å². The summed E-state index contributed by atoms with van der Waals surface area (Å²) in [5.74, 6) is 2.24. The minimum atomic E-state index is 0.387. The first-order valence-corrected chi connectivity index (χ1v) is 6.67. The molecule has 0 saturated heterocycles. The molecule has 0 fully saturated rings. The molecule has 0 saturated carbocycles. The van der Waals surface area contributed by atoms with Gasteiger partial charge < -0.3 is 4.42 Å². The fourth-order valence-corrected chi connectivity index (χ4v) is 2.34. The van der Waals surface area contributed by atoms with Crippen molar-refractivity contribution in [3.05, 3.63) is 41.6 Å². The monoisotopic (exact) mass is 258 g/mol. The lowest BCUT2D eigenvalue weighted by atomic mass is 10.1. The molecule has 100 valence electrons. The Morgan fingerprint density at radius 3 is 3.00 bits per heavy atom. The van der Waals surface area contributed by atoms with E-state index in [-0.39, 0.29) is 0 Å². The van der Waals surface area contributed by atoms with Crippen LogP contribution in [0.3, 0.4) is 0 Å². The molecule has 3 heterocycles. The molecule has 0 radical (unpaired) electrons. The van der Waals surface area contributed by atoms with Crippen LogP contribution in [0.4, 0.5) is 0 Å². The van der Waals surface area contributed by atoms with Crippen LogP contribution >= 0.6 is 0 Å². The van der Waals surface area contributed by atoms with E-state index >= 15 is 0 Å². The lowest BCUT2D eigenvalue weighted by molar-refractivity contribution is 0.223. The molecule has 0 aliphatic carbocycles. The van der Waals surface area contributed by atoms with Gasteiger partial charge in [-0.3, -0.25) is 4.90 Å². The molecule has 5 heteroatoms. The molecular weight excluding hydrogens is 240 g/mol. The normalized spacial score (nSPS) is 15.7. The summed E-state index contributed by atoms with van der Waals surface area (Å²) >= 11 is 0. The van der Waals surface area contributed by atoms with Gasteiger partial charge in [0.15, 0.2) is 6.39 Å². The number of hydrogen-bond donors (Lipinski definition) is 0. The summed E-state index contributed by atoms with van der Waals surface area (Å²) in [6, 6.07) is 0. The third-order valence-electron chi connectivity index (χ3n) is 3.41. The van der Waals surface area contributed by atoms with Crippen molar-refractivity contribution in [1.82, 2.24) is 19.9 Å². The highest BCUT2D eigenvalue weighted by molar-refractivity contribution is 5.21. The quantitative estimate of drug-likeness (QED) is 0.844. The average molecular weight is 258 g/mol. The van der Waals surface area contributed by atoms with Crippen LogP contribution < -0.4 is 0 Å². The Hall–Kier alpha value is -1.75. The Kier molecular flexibility index (Phi) is 3.29. The molecular formula is C14H18N4O. The first kappa shape index (κ1) is 12.3. The lowest BCUT2D eigenvalue weighted by Gasteiger charge is -2.27. The highest BCUT2D eigenvalue weighted by Gasteiger charge is 2.19. The third kappa shape index (κ3) is 2.66. The van der Waals surface area contributed by atoms with Crippen molar-refractivity contribution in [3.63, 3.8) is 0 Å². The van der Waals surface area contributed by atoms with Crippen molar-refractivity contribution < 1.29 is 4.42 Å². The van der Waals surface area contributed by atoms with Crippen LogP contribution in [0.25, 0.3) is 0 Å². The van der Waals surface area contributed by atoms with Gasteiger partial charge in [0, 0.05) is 42.9 Å². The second kappa shape index (κ2) is 5.09. The fraction of sp³-hybridized carbons (Fsp3) is 0.500. The first-order chi connectivity index (χ1) is 9.22. The topological polar surface area (TPSA) is 55.1 Å². The summed E-state index contributed by atoms with van der Waals surface area (Å²) in [5.41, 5.74) is 2.43. The van der Waals surface area contributed by atoms with Gasteiger partial charge in [-0.15, -0.1) is 0 Å². The highest BCUT2D eigenvalue weighted by Crippen LogP contribution is 2.20. The standard InChI is InChI=1S/C14H18N4O/c1-10(2)14-16-5-11-7-18(4-3-13(11)17-14)8-12-6-15-9-19-12/h5-6,9-10H,3-4,7-8H2,1-2H3. The van der Waals surface area contributed by atoms with Crippen LogP contribution in [0.1, 0.15) is 42.6 Å². The van der Waals surface area contributed by atoms with Gasteiger partial charge in [0.25, 0.3) is 0 Å². The predicted molar refractivity (Wildman–Crippen MR) is 70.4 cm³/mol. The highest BCUT2D eigenvalue weighted by atomic mass is 16.3. The van der Waals surface area contributed by atoms with Crippen LogP contribution in [0, 0.1) is 0 Å². The molecule has 19 heavy (non-hydrogen) atoms. The molecule has 0 amide bonds. The molecule has 1 aliphatic heterocycles. The van der Waals surface area contributed by atoms with Crippen LogP contribution in [-0.2, 0) is 19.5 Å². The van der Waals surface area contributed by atoms with Gasteiger partial charge in [0.1, 0.15) is 11.6 Å². The molecule has 0 N–H and O–H groups in total. The molecule has 0 unspecified atom stereocenters. The van der Waals surface area contributed by atoms with E-state index in [9.17, 15) is 0 Å². The van der Waals surface area contributed by atoms with Crippen molar-refractivity contribution in [2.45, 2.75) is 39.3 Å². The third-order valence-corrected chi connectivity index (χ3v) is 3.41. The van der Waals surface area contributed by atoms with Crippen molar-refractivity contribution in [2.24, 2.45) is 0 Å². The van der Waals surface area contributed by atoms with E-state index in [2.05, 4.69) is 33.7 Å².